The number of phenolic OH excluding ortho intramolecular Hbond substituents is 1. The molecule has 0 fully saturated rings. The number of halogens is 3. The lowest BCUT2D eigenvalue weighted by atomic mass is 10.2. The molecule has 0 atom stereocenters. The minimum absolute atomic E-state index is 0.0750. The van der Waals surface area contributed by atoms with Crippen LogP contribution >= 0.6 is 34.8 Å². The summed E-state index contributed by atoms with van der Waals surface area (Å²) in [6.45, 7) is 2.30. The molecular formula is C14H12Cl3NO. The fraction of sp³-hybridized carbons (Fsp3) is 0.143. The first-order valence-electron chi connectivity index (χ1n) is 5.65. The van der Waals surface area contributed by atoms with Crippen molar-refractivity contribution >= 4 is 40.5 Å². The van der Waals surface area contributed by atoms with Crippen molar-refractivity contribution in [3.05, 3.63) is 56.5 Å². The van der Waals surface area contributed by atoms with Gasteiger partial charge in [0.2, 0.25) is 0 Å². The van der Waals surface area contributed by atoms with E-state index in [-0.39, 0.29) is 5.75 Å². The van der Waals surface area contributed by atoms with Gasteiger partial charge in [-0.15, -0.1) is 0 Å². The van der Waals surface area contributed by atoms with Crippen LogP contribution in [0.25, 0.3) is 0 Å². The lowest BCUT2D eigenvalue weighted by Gasteiger charge is -2.12. The first kappa shape index (κ1) is 14.3. The molecule has 0 heterocycles. The van der Waals surface area contributed by atoms with E-state index in [1.165, 1.54) is 0 Å². The molecule has 100 valence electrons. The molecule has 2 N–H and O–H groups in total. The summed E-state index contributed by atoms with van der Waals surface area (Å²) in [5.41, 5.74) is 2.33. The van der Waals surface area contributed by atoms with Gasteiger partial charge in [0.1, 0.15) is 5.75 Å². The minimum atomic E-state index is 0.0750. The molecule has 5 heteroatoms. The Labute approximate surface area is 126 Å². The highest BCUT2D eigenvalue weighted by Gasteiger charge is 2.07. The standard InChI is InChI=1S/C14H12Cl3NO/c1-8-5-12(17)13(6-11(8)16)18-7-9-3-2-4-10(15)14(9)19/h2-6,18-19H,7H2,1H3. The second-order valence-electron chi connectivity index (χ2n) is 4.18. The van der Waals surface area contributed by atoms with Gasteiger partial charge in [-0.05, 0) is 30.7 Å². The number of nitrogens with one attached hydrogen (secondary N) is 1. The summed E-state index contributed by atoms with van der Waals surface area (Å²) in [5, 5.41) is 14.5. The summed E-state index contributed by atoms with van der Waals surface area (Å²) in [4.78, 5) is 0. The second kappa shape index (κ2) is 5.91. The Balaban J connectivity index is 2.19. The van der Waals surface area contributed by atoms with E-state index in [2.05, 4.69) is 5.32 Å². The van der Waals surface area contributed by atoms with Crippen LogP contribution in [-0.2, 0) is 6.54 Å². The minimum Gasteiger partial charge on any atom is -0.506 e. The lowest BCUT2D eigenvalue weighted by molar-refractivity contribution is 0.469. The molecule has 2 aromatic rings. The molecule has 0 aliphatic carbocycles. The van der Waals surface area contributed by atoms with E-state index in [0.29, 0.717) is 27.2 Å². The topological polar surface area (TPSA) is 32.3 Å². The number of rotatable bonds is 3. The Hall–Kier alpha value is -1.09. The molecule has 2 aromatic carbocycles. The first-order chi connectivity index (χ1) is 8.99. The van der Waals surface area contributed by atoms with Crippen molar-refractivity contribution in [2.24, 2.45) is 0 Å². The van der Waals surface area contributed by atoms with Crippen LogP contribution in [0.15, 0.2) is 30.3 Å². The Bertz CT molecular complexity index is 614. The van der Waals surface area contributed by atoms with Gasteiger partial charge in [0.25, 0.3) is 0 Å². The highest BCUT2D eigenvalue weighted by atomic mass is 35.5. The van der Waals surface area contributed by atoms with Crippen LogP contribution in [-0.4, -0.2) is 5.11 Å². The van der Waals surface area contributed by atoms with Gasteiger partial charge in [-0.2, -0.15) is 0 Å². The van der Waals surface area contributed by atoms with E-state index in [4.69, 9.17) is 34.8 Å². The Kier molecular flexibility index (Phi) is 4.46. The third kappa shape index (κ3) is 3.27. The van der Waals surface area contributed by atoms with E-state index >= 15 is 0 Å². The third-order valence-corrected chi connectivity index (χ3v) is 3.81. The number of benzene rings is 2. The quantitative estimate of drug-likeness (QED) is 0.808. The zero-order chi connectivity index (χ0) is 14.0. The van der Waals surface area contributed by atoms with Crippen molar-refractivity contribution < 1.29 is 5.11 Å². The first-order valence-corrected chi connectivity index (χ1v) is 6.78. The third-order valence-electron chi connectivity index (χ3n) is 2.79. The molecule has 0 aliphatic rings. The summed E-state index contributed by atoms with van der Waals surface area (Å²) in [6.07, 6.45) is 0. The molecule has 0 radical (unpaired) electrons. The molecule has 0 amide bonds. The van der Waals surface area contributed by atoms with Crippen LogP contribution in [0, 0.1) is 6.92 Å². The maximum Gasteiger partial charge on any atom is 0.139 e. The molecular weight excluding hydrogens is 305 g/mol. The van der Waals surface area contributed by atoms with E-state index < -0.39 is 0 Å². The average molecular weight is 317 g/mol. The maximum absolute atomic E-state index is 9.81. The smallest absolute Gasteiger partial charge is 0.139 e. The van der Waals surface area contributed by atoms with Crippen LogP contribution in [0.4, 0.5) is 5.69 Å². The Morgan fingerprint density at radius 3 is 2.53 bits per heavy atom. The number of aryl methyl sites for hydroxylation is 1. The fourth-order valence-corrected chi connectivity index (χ4v) is 2.32. The van der Waals surface area contributed by atoms with Crippen LogP contribution in [0.1, 0.15) is 11.1 Å². The van der Waals surface area contributed by atoms with Crippen molar-refractivity contribution in [2.75, 3.05) is 5.32 Å². The molecule has 0 bridgehead atoms. The lowest BCUT2D eigenvalue weighted by Crippen LogP contribution is -2.00. The maximum atomic E-state index is 9.81. The SMILES string of the molecule is Cc1cc(Cl)c(NCc2cccc(Cl)c2O)cc1Cl. The number of hydrogen-bond donors (Lipinski definition) is 2. The molecule has 2 rings (SSSR count). The van der Waals surface area contributed by atoms with Gasteiger partial charge >= 0.3 is 0 Å². The van der Waals surface area contributed by atoms with E-state index in [1.54, 1.807) is 30.3 Å². The summed E-state index contributed by atoms with van der Waals surface area (Å²) in [6, 6.07) is 8.77. The zero-order valence-electron chi connectivity index (χ0n) is 10.2. The molecule has 0 spiro atoms. The second-order valence-corrected chi connectivity index (χ2v) is 5.40. The molecule has 0 aliphatic heterocycles. The predicted octanol–water partition coefficient (Wildman–Crippen LogP) is 5.27. The van der Waals surface area contributed by atoms with Gasteiger partial charge in [0.15, 0.2) is 0 Å². The van der Waals surface area contributed by atoms with Crippen molar-refractivity contribution in [1.82, 2.24) is 0 Å². The van der Waals surface area contributed by atoms with Crippen LogP contribution in [0.2, 0.25) is 15.1 Å². The van der Waals surface area contributed by atoms with Crippen molar-refractivity contribution in [3.8, 4) is 5.75 Å². The van der Waals surface area contributed by atoms with E-state index in [9.17, 15) is 5.11 Å². The normalized spacial score (nSPS) is 10.5. The van der Waals surface area contributed by atoms with Gasteiger partial charge in [-0.3, -0.25) is 0 Å². The molecule has 0 saturated heterocycles. The zero-order valence-corrected chi connectivity index (χ0v) is 12.4. The van der Waals surface area contributed by atoms with Crippen LogP contribution in [0.5, 0.6) is 5.75 Å². The van der Waals surface area contributed by atoms with Gasteiger partial charge in [0, 0.05) is 17.1 Å². The largest absolute Gasteiger partial charge is 0.506 e. The summed E-state index contributed by atoms with van der Waals surface area (Å²) in [7, 11) is 0. The van der Waals surface area contributed by atoms with E-state index in [1.807, 2.05) is 6.92 Å². The van der Waals surface area contributed by atoms with Crippen molar-refractivity contribution in [3.63, 3.8) is 0 Å². The van der Waals surface area contributed by atoms with Gasteiger partial charge in [-0.1, -0.05) is 46.9 Å². The molecule has 2 nitrogen and oxygen atoms in total. The fourth-order valence-electron chi connectivity index (χ4n) is 1.67. The van der Waals surface area contributed by atoms with Crippen LogP contribution in [0.3, 0.4) is 0 Å². The molecule has 0 unspecified atom stereocenters. The number of para-hydroxylation sites is 1. The summed E-state index contributed by atoms with van der Waals surface area (Å²) in [5.74, 6) is 0.0750. The average Bonchev–Trinajstić information content (AvgIpc) is 2.37. The number of hydrogen-bond acceptors (Lipinski definition) is 2. The summed E-state index contributed by atoms with van der Waals surface area (Å²) < 4.78 is 0. The molecule has 19 heavy (non-hydrogen) atoms. The number of anilines is 1. The Morgan fingerprint density at radius 2 is 1.79 bits per heavy atom. The van der Waals surface area contributed by atoms with E-state index in [0.717, 1.165) is 11.3 Å². The number of aromatic hydroxyl groups is 1. The monoisotopic (exact) mass is 315 g/mol. The Morgan fingerprint density at radius 1 is 1.05 bits per heavy atom. The summed E-state index contributed by atoms with van der Waals surface area (Å²) >= 11 is 18.0. The number of phenols is 1. The van der Waals surface area contributed by atoms with Crippen molar-refractivity contribution in [1.29, 1.82) is 0 Å². The van der Waals surface area contributed by atoms with Gasteiger partial charge in [0.05, 0.1) is 15.7 Å². The van der Waals surface area contributed by atoms with Gasteiger partial charge in [-0.25, -0.2) is 0 Å². The highest BCUT2D eigenvalue weighted by Crippen LogP contribution is 2.31. The highest BCUT2D eigenvalue weighted by molar-refractivity contribution is 6.35. The molecule has 0 aromatic heterocycles. The molecule has 0 saturated carbocycles. The van der Waals surface area contributed by atoms with Gasteiger partial charge < -0.3 is 10.4 Å². The van der Waals surface area contributed by atoms with Crippen molar-refractivity contribution in [2.45, 2.75) is 13.5 Å². The van der Waals surface area contributed by atoms with Crippen LogP contribution < -0.4 is 5.32 Å². The predicted molar refractivity (Wildman–Crippen MR) is 81.6 cm³/mol.